The van der Waals surface area contributed by atoms with Crippen LogP contribution in [0.25, 0.3) is 0 Å². The molecule has 2 rings (SSSR count). The van der Waals surface area contributed by atoms with E-state index in [1.807, 2.05) is 38.1 Å². The lowest BCUT2D eigenvalue weighted by molar-refractivity contribution is 0.172. The zero-order valence-electron chi connectivity index (χ0n) is 12.1. The standard InChI is InChI=1S/C17H18Cl2O2/c1-3-21-17-7-4-11(2)8-13(17)16(20)10-12-5-6-14(18)15(19)9-12/h4-9,16,20H,3,10H2,1-2H3. The van der Waals surface area contributed by atoms with Crippen LogP contribution in [0.15, 0.2) is 36.4 Å². The molecule has 1 unspecified atom stereocenters. The Kier molecular flexibility index (Phi) is 5.51. The Bertz CT molecular complexity index is 626. The van der Waals surface area contributed by atoms with Gasteiger partial charge < -0.3 is 9.84 Å². The van der Waals surface area contributed by atoms with Crippen LogP contribution in [0.4, 0.5) is 0 Å². The molecule has 0 heterocycles. The fourth-order valence-corrected chi connectivity index (χ4v) is 2.54. The molecule has 0 spiro atoms. The third kappa shape index (κ3) is 4.13. The van der Waals surface area contributed by atoms with Crippen LogP contribution in [-0.4, -0.2) is 11.7 Å². The van der Waals surface area contributed by atoms with Crippen molar-refractivity contribution in [3.8, 4) is 5.75 Å². The van der Waals surface area contributed by atoms with Crippen molar-refractivity contribution in [2.45, 2.75) is 26.4 Å². The Labute approximate surface area is 135 Å². The second-order valence-electron chi connectivity index (χ2n) is 4.94. The van der Waals surface area contributed by atoms with Crippen molar-refractivity contribution < 1.29 is 9.84 Å². The Hall–Kier alpha value is -1.22. The molecular formula is C17H18Cl2O2. The molecule has 0 aliphatic rings. The summed E-state index contributed by atoms with van der Waals surface area (Å²) in [5.41, 5.74) is 2.81. The minimum absolute atomic E-state index is 0.459. The molecule has 0 saturated heterocycles. The second-order valence-corrected chi connectivity index (χ2v) is 5.76. The normalized spacial score (nSPS) is 12.2. The van der Waals surface area contributed by atoms with Gasteiger partial charge in [-0.05, 0) is 43.7 Å². The maximum Gasteiger partial charge on any atom is 0.125 e. The van der Waals surface area contributed by atoms with E-state index in [9.17, 15) is 5.11 Å². The molecule has 0 bridgehead atoms. The molecule has 0 saturated carbocycles. The van der Waals surface area contributed by atoms with Gasteiger partial charge in [0.05, 0.1) is 22.8 Å². The quantitative estimate of drug-likeness (QED) is 0.840. The van der Waals surface area contributed by atoms with Crippen LogP contribution in [0.3, 0.4) is 0 Å². The molecule has 2 aromatic carbocycles. The summed E-state index contributed by atoms with van der Waals surface area (Å²) >= 11 is 11.9. The Balaban J connectivity index is 2.24. The highest BCUT2D eigenvalue weighted by Gasteiger charge is 2.15. The van der Waals surface area contributed by atoms with Crippen LogP contribution >= 0.6 is 23.2 Å². The Morgan fingerprint density at radius 1 is 1.10 bits per heavy atom. The van der Waals surface area contributed by atoms with Gasteiger partial charge in [0.2, 0.25) is 0 Å². The first kappa shape index (κ1) is 16.2. The maximum absolute atomic E-state index is 10.5. The topological polar surface area (TPSA) is 29.5 Å². The van der Waals surface area contributed by atoms with Crippen molar-refractivity contribution in [1.29, 1.82) is 0 Å². The third-order valence-corrected chi connectivity index (χ3v) is 3.98. The highest BCUT2D eigenvalue weighted by atomic mass is 35.5. The van der Waals surface area contributed by atoms with Gasteiger partial charge in [-0.1, -0.05) is 40.9 Å². The first-order valence-electron chi connectivity index (χ1n) is 6.86. The highest BCUT2D eigenvalue weighted by Crippen LogP contribution is 2.30. The molecule has 0 aromatic heterocycles. The molecule has 0 aliphatic carbocycles. The molecule has 0 fully saturated rings. The summed E-state index contributed by atoms with van der Waals surface area (Å²) in [5.74, 6) is 0.718. The predicted molar refractivity (Wildman–Crippen MR) is 87.5 cm³/mol. The number of hydrogen-bond acceptors (Lipinski definition) is 2. The van der Waals surface area contributed by atoms with E-state index < -0.39 is 6.10 Å². The molecule has 1 atom stereocenters. The van der Waals surface area contributed by atoms with Crippen molar-refractivity contribution in [1.82, 2.24) is 0 Å². The summed E-state index contributed by atoms with van der Waals surface area (Å²) in [6, 6.07) is 11.2. The predicted octanol–water partition coefficient (Wildman–Crippen LogP) is 4.98. The SMILES string of the molecule is CCOc1ccc(C)cc1C(O)Cc1ccc(Cl)c(Cl)c1. The van der Waals surface area contributed by atoms with E-state index in [4.69, 9.17) is 27.9 Å². The van der Waals surface area contributed by atoms with E-state index in [0.717, 1.165) is 22.4 Å². The van der Waals surface area contributed by atoms with E-state index >= 15 is 0 Å². The first-order valence-corrected chi connectivity index (χ1v) is 7.62. The van der Waals surface area contributed by atoms with Gasteiger partial charge in [0.15, 0.2) is 0 Å². The monoisotopic (exact) mass is 324 g/mol. The van der Waals surface area contributed by atoms with Crippen LogP contribution in [-0.2, 0) is 6.42 Å². The molecule has 0 amide bonds. The van der Waals surface area contributed by atoms with Gasteiger partial charge in [0.1, 0.15) is 5.75 Å². The average molecular weight is 325 g/mol. The lowest BCUT2D eigenvalue weighted by Crippen LogP contribution is -2.06. The lowest BCUT2D eigenvalue weighted by Gasteiger charge is -2.17. The summed E-state index contributed by atoms with van der Waals surface area (Å²) in [5, 5.41) is 11.5. The van der Waals surface area contributed by atoms with Gasteiger partial charge in [0, 0.05) is 12.0 Å². The number of aryl methyl sites for hydroxylation is 1. The van der Waals surface area contributed by atoms with Crippen LogP contribution in [0.1, 0.15) is 29.7 Å². The molecule has 1 N–H and O–H groups in total. The first-order chi connectivity index (χ1) is 10.0. The summed E-state index contributed by atoms with van der Waals surface area (Å²) in [4.78, 5) is 0. The fraction of sp³-hybridized carbons (Fsp3) is 0.294. The highest BCUT2D eigenvalue weighted by molar-refractivity contribution is 6.42. The van der Waals surface area contributed by atoms with Gasteiger partial charge in [-0.15, -0.1) is 0 Å². The molecule has 2 aromatic rings. The molecule has 2 nitrogen and oxygen atoms in total. The van der Waals surface area contributed by atoms with Crippen LogP contribution < -0.4 is 4.74 Å². The molecule has 4 heteroatoms. The Morgan fingerprint density at radius 3 is 2.52 bits per heavy atom. The summed E-state index contributed by atoms with van der Waals surface area (Å²) < 4.78 is 5.59. The van der Waals surface area contributed by atoms with E-state index in [0.29, 0.717) is 23.1 Å². The fourth-order valence-electron chi connectivity index (χ4n) is 2.22. The van der Waals surface area contributed by atoms with Crippen molar-refractivity contribution in [2.75, 3.05) is 6.61 Å². The van der Waals surface area contributed by atoms with Gasteiger partial charge in [-0.2, -0.15) is 0 Å². The van der Waals surface area contributed by atoms with Gasteiger partial charge in [-0.3, -0.25) is 0 Å². The smallest absolute Gasteiger partial charge is 0.125 e. The maximum atomic E-state index is 10.5. The van der Waals surface area contributed by atoms with Gasteiger partial charge in [-0.25, -0.2) is 0 Å². The summed E-state index contributed by atoms with van der Waals surface area (Å²) in [6.07, 6.45) is -0.191. The second kappa shape index (κ2) is 7.17. The van der Waals surface area contributed by atoms with Crippen molar-refractivity contribution in [3.63, 3.8) is 0 Å². The number of rotatable bonds is 5. The minimum atomic E-state index is -0.649. The van der Waals surface area contributed by atoms with Gasteiger partial charge in [0.25, 0.3) is 0 Å². The Morgan fingerprint density at radius 2 is 1.86 bits per heavy atom. The van der Waals surface area contributed by atoms with Crippen molar-refractivity contribution in [3.05, 3.63) is 63.1 Å². The lowest BCUT2D eigenvalue weighted by atomic mass is 9.99. The van der Waals surface area contributed by atoms with E-state index in [1.54, 1.807) is 12.1 Å². The van der Waals surface area contributed by atoms with E-state index in [2.05, 4.69) is 0 Å². The van der Waals surface area contributed by atoms with Gasteiger partial charge >= 0.3 is 0 Å². The van der Waals surface area contributed by atoms with Crippen molar-refractivity contribution >= 4 is 23.2 Å². The molecule has 0 aliphatic heterocycles. The largest absolute Gasteiger partial charge is 0.493 e. The number of aliphatic hydroxyl groups is 1. The van der Waals surface area contributed by atoms with Crippen LogP contribution in [0.2, 0.25) is 10.0 Å². The third-order valence-electron chi connectivity index (χ3n) is 3.24. The van der Waals surface area contributed by atoms with E-state index in [-0.39, 0.29) is 0 Å². The molecule has 21 heavy (non-hydrogen) atoms. The summed E-state index contributed by atoms with van der Waals surface area (Å²) in [6.45, 7) is 4.48. The van der Waals surface area contributed by atoms with E-state index in [1.165, 1.54) is 0 Å². The van der Waals surface area contributed by atoms with Crippen LogP contribution in [0, 0.1) is 6.92 Å². The minimum Gasteiger partial charge on any atom is -0.493 e. The number of hydrogen-bond donors (Lipinski definition) is 1. The molecule has 112 valence electrons. The molecular weight excluding hydrogens is 307 g/mol. The number of ether oxygens (including phenoxy) is 1. The number of halogens is 2. The molecule has 0 radical (unpaired) electrons. The zero-order valence-corrected chi connectivity index (χ0v) is 13.6. The average Bonchev–Trinajstić information content (AvgIpc) is 2.45. The van der Waals surface area contributed by atoms with Crippen LogP contribution in [0.5, 0.6) is 5.75 Å². The number of aliphatic hydroxyl groups excluding tert-OH is 1. The van der Waals surface area contributed by atoms with Crippen molar-refractivity contribution in [2.24, 2.45) is 0 Å². The summed E-state index contributed by atoms with van der Waals surface area (Å²) in [7, 11) is 0. The number of benzene rings is 2. The zero-order chi connectivity index (χ0) is 15.4.